The monoisotopic (exact) mass is 488 g/mol. The van der Waals surface area contributed by atoms with Gasteiger partial charge in [0.15, 0.2) is 6.61 Å². The zero-order valence-corrected chi connectivity index (χ0v) is 21.8. The minimum atomic E-state index is -0.706. The normalized spacial score (nSPS) is 11.9. The van der Waals surface area contributed by atoms with Crippen LogP contribution in [0.15, 0.2) is 78.9 Å². The lowest BCUT2D eigenvalue weighted by molar-refractivity contribution is -0.142. The van der Waals surface area contributed by atoms with Gasteiger partial charge >= 0.3 is 0 Å². The van der Waals surface area contributed by atoms with E-state index in [4.69, 9.17) is 9.47 Å². The number of nitrogens with one attached hydrogen (secondary N) is 1. The molecule has 1 N–H and O–H groups in total. The molecule has 1 atom stereocenters. The van der Waals surface area contributed by atoms with E-state index in [9.17, 15) is 9.59 Å². The van der Waals surface area contributed by atoms with Gasteiger partial charge in [-0.1, -0.05) is 75.4 Å². The summed E-state index contributed by atoms with van der Waals surface area (Å²) in [5.74, 6) is 0.791. The van der Waals surface area contributed by atoms with Gasteiger partial charge in [0, 0.05) is 20.0 Å². The number of ether oxygens (including phenoxy) is 2. The highest BCUT2D eigenvalue weighted by atomic mass is 16.5. The van der Waals surface area contributed by atoms with E-state index in [-0.39, 0.29) is 30.4 Å². The third-order valence-electron chi connectivity index (χ3n) is 6.09. The molecule has 0 aromatic heterocycles. The van der Waals surface area contributed by atoms with Gasteiger partial charge < -0.3 is 19.7 Å². The summed E-state index contributed by atoms with van der Waals surface area (Å²) in [5, 5.41) is 2.72. The maximum atomic E-state index is 13.5. The topological polar surface area (TPSA) is 67.9 Å². The Bertz CT molecular complexity index is 1140. The number of nitrogens with zero attached hydrogens (tertiary/aromatic N) is 1. The van der Waals surface area contributed by atoms with E-state index in [1.165, 1.54) is 5.56 Å². The van der Waals surface area contributed by atoms with Crippen molar-refractivity contribution >= 4 is 11.8 Å². The summed E-state index contributed by atoms with van der Waals surface area (Å²) >= 11 is 0. The Labute approximate surface area is 214 Å². The van der Waals surface area contributed by atoms with Crippen molar-refractivity contribution in [3.8, 4) is 11.5 Å². The van der Waals surface area contributed by atoms with Crippen LogP contribution in [0, 0.1) is 0 Å². The SMILES string of the molecule is CNC(=O)[C@H](Cc1ccccc1)N(Cc1cccc(OC)c1)C(=O)COc1ccc(C(C)(C)C)cc1. The van der Waals surface area contributed by atoms with Crippen molar-refractivity contribution in [2.75, 3.05) is 20.8 Å². The highest BCUT2D eigenvalue weighted by Crippen LogP contribution is 2.24. The first kappa shape index (κ1) is 26.8. The Morgan fingerprint density at radius 1 is 0.889 bits per heavy atom. The van der Waals surface area contributed by atoms with Gasteiger partial charge in [0.25, 0.3) is 5.91 Å². The van der Waals surface area contributed by atoms with Gasteiger partial charge in [-0.25, -0.2) is 0 Å². The molecule has 6 nitrogen and oxygen atoms in total. The van der Waals surface area contributed by atoms with Gasteiger partial charge in [0.2, 0.25) is 5.91 Å². The molecule has 0 bridgehead atoms. The molecular formula is C30H36N2O4. The second-order valence-corrected chi connectivity index (χ2v) is 9.76. The molecular weight excluding hydrogens is 452 g/mol. The van der Waals surface area contributed by atoms with Crippen molar-refractivity contribution in [1.29, 1.82) is 0 Å². The fourth-order valence-electron chi connectivity index (χ4n) is 3.97. The molecule has 6 heteroatoms. The standard InChI is InChI=1S/C30H36N2O4/c1-30(2,3)24-14-16-25(17-15-24)36-21-28(33)32(20-23-12-9-13-26(18-23)35-5)27(29(34)31-4)19-22-10-7-6-8-11-22/h6-18,27H,19-21H2,1-5H3,(H,31,34)/t27-/m0/s1. The molecule has 3 rings (SSSR count). The zero-order chi connectivity index (χ0) is 26.1. The number of amides is 2. The third kappa shape index (κ3) is 7.35. The number of rotatable bonds is 10. The van der Waals surface area contributed by atoms with E-state index in [0.717, 1.165) is 11.1 Å². The Morgan fingerprint density at radius 2 is 1.56 bits per heavy atom. The Kier molecular flexibility index (Phi) is 9.12. The van der Waals surface area contributed by atoms with Crippen LogP contribution in [0.5, 0.6) is 11.5 Å². The highest BCUT2D eigenvalue weighted by Gasteiger charge is 2.30. The minimum absolute atomic E-state index is 0.0278. The van der Waals surface area contributed by atoms with Crippen LogP contribution in [0.2, 0.25) is 0 Å². The molecule has 0 unspecified atom stereocenters. The van der Waals surface area contributed by atoms with E-state index in [0.29, 0.717) is 17.9 Å². The van der Waals surface area contributed by atoms with Crippen molar-refractivity contribution in [2.45, 2.75) is 45.2 Å². The van der Waals surface area contributed by atoms with Crippen LogP contribution in [0.4, 0.5) is 0 Å². The number of carbonyl (C=O) groups is 2. The van der Waals surface area contributed by atoms with Crippen LogP contribution in [0.1, 0.15) is 37.5 Å². The van der Waals surface area contributed by atoms with Crippen molar-refractivity contribution in [3.63, 3.8) is 0 Å². The summed E-state index contributed by atoms with van der Waals surface area (Å²) < 4.78 is 11.2. The molecule has 0 fully saturated rings. The molecule has 190 valence electrons. The first-order valence-corrected chi connectivity index (χ1v) is 12.1. The van der Waals surface area contributed by atoms with Gasteiger partial charge in [-0.3, -0.25) is 9.59 Å². The molecule has 0 saturated heterocycles. The van der Waals surface area contributed by atoms with Crippen molar-refractivity contribution in [3.05, 3.63) is 95.6 Å². The average molecular weight is 489 g/mol. The molecule has 3 aromatic carbocycles. The lowest BCUT2D eigenvalue weighted by atomic mass is 9.87. The highest BCUT2D eigenvalue weighted by molar-refractivity contribution is 5.88. The van der Waals surface area contributed by atoms with Crippen LogP contribution in [0.25, 0.3) is 0 Å². The fraction of sp³-hybridized carbons (Fsp3) is 0.333. The lowest BCUT2D eigenvalue weighted by Gasteiger charge is -2.31. The molecule has 2 amide bonds. The predicted octanol–water partition coefficient (Wildman–Crippen LogP) is 4.76. The van der Waals surface area contributed by atoms with Crippen LogP contribution < -0.4 is 14.8 Å². The van der Waals surface area contributed by atoms with Crippen LogP contribution in [0.3, 0.4) is 0 Å². The van der Waals surface area contributed by atoms with Gasteiger partial charge in [0.05, 0.1) is 7.11 Å². The minimum Gasteiger partial charge on any atom is -0.497 e. The number of hydrogen-bond donors (Lipinski definition) is 1. The average Bonchev–Trinajstić information content (AvgIpc) is 2.89. The molecule has 0 aliphatic rings. The van der Waals surface area contributed by atoms with Gasteiger partial charge in [-0.15, -0.1) is 0 Å². The smallest absolute Gasteiger partial charge is 0.261 e. The summed E-state index contributed by atoms with van der Waals surface area (Å²) in [7, 11) is 3.19. The van der Waals surface area contributed by atoms with Crippen molar-refractivity contribution < 1.29 is 19.1 Å². The van der Waals surface area contributed by atoms with E-state index >= 15 is 0 Å². The van der Waals surface area contributed by atoms with Crippen molar-refractivity contribution in [2.24, 2.45) is 0 Å². The predicted molar refractivity (Wildman–Crippen MR) is 142 cm³/mol. The first-order chi connectivity index (χ1) is 17.2. The maximum absolute atomic E-state index is 13.5. The summed E-state index contributed by atoms with van der Waals surface area (Å²) in [4.78, 5) is 28.1. The summed E-state index contributed by atoms with van der Waals surface area (Å²) in [6.07, 6.45) is 0.385. The van der Waals surface area contributed by atoms with Crippen molar-refractivity contribution in [1.82, 2.24) is 10.2 Å². The van der Waals surface area contributed by atoms with E-state index in [1.54, 1.807) is 19.1 Å². The van der Waals surface area contributed by atoms with Gasteiger partial charge in [-0.05, 0) is 46.4 Å². The summed E-state index contributed by atoms with van der Waals surface area (Å²) in [6.45, 7) is 6.51. The largest absolute Gasteiger partial charge is 0.497 e. The molecule has 0 radical (unpaired) electrons. The number of likely N-dealkylation sites (N-methyl/N-ethyl adjacent to an activating group) is 1. The van der Waals surface area contributed by atoms with Crippen LogP contribution in [-0.2, 0) is 28.0 Å². The Hall–Kier alpha value is -3.80. The van der Waals surface area contributed by atoms with E-state index < -0.39 is 6.04 Å². The van der Waals surface area contributed by atoms with E-state index in [2.05, 4.69) is 26.1 Å². The number of carbonyl (C=O) groups excluding carboxylic acids is 2. The molecule has 3 aromatic rings. The molecule has 0 spiro atoms. The molecule has 0 aliphatic heterocycles. The van der Waals surface area contributed by atoms with Crippen LogP contribution in [-0.4, -0.2) is 43.5 Å². The summed E-state index contributed by atoms with van der Waals surface area (Å²) in [6, 6.07) is 24.3. The second-order valence-electron chi connectivity index (χ2n) is 9.76. The number of benzene rings is 3. The van der Waals surface area contributed by atoms with Gasteiger partial charge in [0.1, 0.15) is 17.5 Å². The lowest BCUT2D eigenvalue weighted by Crippen LogP contribution is -2.51. The molecule has 0 heterocycles. The third-order valence-corrected chi connectivity index (χ3v) is 6.09. The fourth-order valence-corrected chi connectivity index (χ4v) is 3.97. The number of hydrogen-bond acceptors (Lipinski definition) is 4. The molecule has 36 heavy (non-hydrogen) atoms. The quantitative estimate of drug-likeness (QED) is 0.447. The zero-order valence-electron chi connectivity index (χ0n) is 21.8. The Morgan fingerprint density at radius 3 is 2.17 bits per heavy atom. The van der Waals surface area contributed by atoms with Gasteiger partial charge in [-0.2, -0.15) is 0 Å². The van der Waals surface area contributed by atoms with E-state index in [1.807, 2.05) is 78.9 Å². The molecule has 0 aliphatic carbocycles. The Balaban J connectivity index is 1.85. The second kappa shape index (κ2) is 12.2. The summed E-state index contributed by atoms with van der Waals surface area (Å²) in [5.41, 5.74) is 3.04. The first-order valence-electron chi connectivity index (χ1n) is 12.1. The number of methoxy groups -OCH3 is 1. The molecule has 0 saturated carbocycles. The maximum Gasteiger partial charge on any atom is 0.261 e. The van der Waals surface area contributed by atoms with Crippen LogP contribution >= 0.6 is 0 Å².